The molecule has 3 aromatic heterocycles. The number of nitrogens with one attached hydrogen (secondary N) is 3. The van der Waals surface area contributed by atoms with Crippen molar-refractivity contribution in [1.82, 2.24) is 19.9 Å². The number of carbonyl (C=O) groups excluding carboxylic acids is 3. The maximum absolute atomic E-state index is 16.0. The number of benzene rings is 1. The van der Waals surface area contributed by atoms with Crippen LogP contribution in [0.25, 0.3) is 11.0 Å². The molecule has 0 amide bonds. The summed E-state index contributed by atoms with van der Waals surface area (Å²) in [6.07, 6.45) is 20.5. The number of epoxide rings is 1. The average molecular weight is 1120 g/mol. The largest absolute Gasteiger partial charge is 0.392 e. The topological polar surface area (TPSA) is 182 Å². The highest BCUT2D eigenvalue weighted by Gasteiger charge is 2.80. The third-order valence-electron chi connectivity index (χ3n) is 27.1. The molecule has 82 heavy (non-hydrogen) atoms. The second kappa shape index (κ2) is 18.2. The number of ether oxygens (including phenoxy) is 2. The van der Waals surface area contributed by atoms with E-state index in [1.807, 2.05) is 20.9 Å². The van der Waals surface area contributed by atoms with Crippen molar-refractivity contribution in [2.24, 2.45) is 56.2 Å². The predicted octanol–water partition coefficient (Wildman–Crippen LogP) is 11.3. The third-order valence-corrected chi connectivity index (χ3v) is 27.1. The molecule has 2 bridgehead atoms. The number of fused-ring (bicyclic) bond motifs is 11. The highest BCUT2D eigenvalue weighted by atomic mass is 16.6. The molecule has 2 saturated heterocycles. The normalized spacial score (nSPS) is 41.8. The molecule has 6 N–H and O–H groups in total. The highest BCUT2D eigenvalue weighted by molar-refractivity contribution is 6.02. The molecular formula is C70H92N4O8. The fourth-order valence-electron chi connectivity index (χ4n) is 23.1. The molecule has 7 fully saturated rings. The van der Waals surface area contributed by atoms with E-state index in [1.54, 1.807) is 0 Å². The van der Waals surface area contributed by atoms with Crippen LogP contribution in [0.15, 0.2) is 47.9 Å². The number of ketones is 2. The molecular weight excluding hydrogens is 1020 g/mol. The van der Waals surface area contributed by atoms with Gasteiger partial charge in [0.25, 0.3) is 0 Å². The van der Waals surface area contributed by atoms with Crippen LogP contribution in [0.4, 0.5) is 0 Å². The number of carbonyl (C=O) groups is 3. The number of aromatic nitrogens is 3. The fraction of sp³-hybridized carbons (Fsp3) is 0.700. The van der Waals surface area contributed by atoms with Gasteiger partial charge in [-0.15, -0.1) is 0 Å². The zero-order chi connectivity index (χ0) is 57.1. The van der Waals surface area contributed by atoms with E-state index in [9.17, 15) is 20.1 Å². The molecule has 3 aliphatic heterocycles. The second-order valence-corrected chi connectivity index (χ2v) is 30.9. The Hall–Kier alpha value is -4.17. The zero-order valence-electron chi connectivity index (χ0n) is 50.3. The van der Waals surface area contributed by atoms with Crippen LogP contribution in [0.5, 0.6) is 0 Å². The van der Waals surface area contributed by atoms with E-state index in [0.717, 1.165) is 109 Å². The molecule has 17 unspecified atom stereocenters. The number of aldehydes is 1. The lowest BCUT2D eigenvalue weighted by Gasteiger charge is -2.76. The molecule has 11 aliphatic rings. The van der Waals surface area contributed by atoms with Crippen LogP contribution in [-0.4, -0.2) is 98.4 Å². The quantitative estimate of drug-likeness (QED) is 0.0665. The number of allylic oxidation sites excluding steroid dienone is 1. The first kappa shape index (κ1) is 54.5. The number of hydrogen-bond donors (Lipinski definition) is 6. The van der Waals surface area contributed by atoms with Gasteiger partial charge in [0.05, 0.1) is 46.3 Å². The average Bonchev–Trinajstić information content (AvgIpc) is 1.18. The molecule has 12 nitrogen and oxygen atoms in total. The van der Waals surface area contributed by atoms with Gasteiger partial charge in [0.15, 0.2) is 5.78 Å². The van der Waals surface area contributed by atoms with Crippen molar-refractivity contribution >= 4 is 28.9 Å². The van der Waals surface area contributed by atoms with E-state index in [-0.39, 0.29) is 29.6 Å². The molecule has 0 radical (unpaired) electrons. The van der Waals surface area contributed by atoms with Gasteiger partial charge >= 0.3 is 0 Å². The van der Waals surface area contributed by atoms with E-state index >= 15 is 9.59 Å². The molecule has 17 atom stereocenters. The number of aryl methyl sites for hydroxylation is 1. The Kier molecular flexibility index (Phi) is 12.1. The number of aliphatic hydroxyl groups is 3. The maximum Gasteiger partial charge on any atom is 0.160 e. The Balaban J connectivity index is 0.927. The van der Waals surface area contributed by atoms with E-state index in [0.29, 0.717) is 88.2 Å². The first-order valence-corrected chi connectivity index (χ1v) is 32.4. The molecule has 1 spiro atoms. The monoisotopic (exact) mass is 1120 g/mol. The van der Waals surface area contributed by atoms with Gasteiger partial charge < -0.3 is 49.4 Å². The summed E-state index contributed by atoms with van der Waals surface area (Å²) in [6, 6.07) is 6.75. The van der Waals surface area contributed by atoms with Gasteiger partial charge in [-0.3, -0.25) is 9.59 Å². The van der Waals surface area contributed by atoms with Crippen LogP contribution in [0.3, 0.4) is 0 Å². The summed E-state index contributed by atoms with van der Waals surface area (Å²) in [6.45, 7) is 18.1. The Labute approximate surface area is 485 Å². The first-order chi connectivity index (χ1) is 39.1. The lowest BCUT2D eigenvalue weighted by Crippen LogP contribution is -2.74. The summed E-state index contributed by atoms with van der Waals surface area (Å²) >= 11 is 0. The van der Waals surface area contributed by atoms with Gasteiger partial charge in [-0.25, -0.2) is 0 Å². The summed E-state index contributed by atoms with van der Waals surface area (Å²) in [5.41, 5.74) is 7.75. The molecule has 1 aromatic carbocycles. The summed E-state index contributed by atoms with van der Waals surface area (Å²) in [4.78, 5) is 53.8. The van der Waals surface area contributed by atoms with E-state index in [4.69, 9.17) is 9.47 Å². The van der Waals surface area contributed by atoms with E-state index in [2.05, 4.69) is 91.3 Å². The van der Waals surface area contributed by atoms with Crippen molar-refractivity contribution in [3.63, 3.8) is 0 Å². The fourth-order valence-corrected chi connectivity index (χ4v) is 23.1. The second-order valence-electron chi connectivity index (χ2n) is 30.9. The summed E-state index contributed by atoms with van der Waals surface area (Å²) in [5, 5.41) is 43.1. The summed E-state index contributed by atoms with van der Waals surface area (Å²) in [5.74, 6) is 0.144. The standard InChI is InChI=1S/C70H92N4O8/c1-63(2)62(82-63)51(77)32-64(3)19-15-40-34-73-57-46(48(37-75)41-29-45-42-12-10-9-11-38(42)13-14-43(45)49(30-41)70(80)23-27-81-28-24-70)35-74(58(40)57)36-47-53-55(64)50(76)33-67(53,6)66(5)20-17-52-65(4,22-26-71-8)61(79)54-44-18-25-72-56(44)39-16-21-69(54,31-39)68(52,7)60(66)59(47)78/h18,25,29-30,34-35,37-39,42,47-48,51-52,54,59-60,62,71-73,77-78,80H,9-17,19-24,26-28,31-33,36H2,1-8H3. The molecule has 5 saturated carbocycles. The number of hydrogen-bond acceptors (Lipinski definition) is 9. The first-order valence-electron chi connectivity index (χ1n) is 32.4. The van der Waals surface area contributed by atoms with Gasteiger partial charge in [0.1, 0.15) is 18.2 Å². The Morgan fingerprint density at radius 1 is 0.915 bits per heavy atom. The van der Waals surface area contributed by atoms with Crippen LogP contribution in [-0.2, 0) is 48.8 Å². The molecule has 6 heterocycles. The van der Waals surface area contributed by atoms with Crippen molar-refractivity contribution in [1.29, 1.82) is 0 Å². The maximum atomic E-state index is 16.0. The number of Topliss-reactive ketones (excluding diaryl/α,β-unsaturated/α-hetero) is 2. The molecule has 12 heteroatoms. The molecule has 8 aliphatic carbocycles. The molecule has 440 valence electrons. The number of rotatable bonds is 10. The van der Waals surface area contributed by atoms with Gasteiger partial charge in [-0.2, -0.15) is 0 Å². The van der Waals surface area contributed by atoms with Crippen molar-refractivity contribution in [3.05, 3.63) is 92.6 Å². The van der Waals surface area contributed by atoms with Crippen LogP contribution < -0.4 is 5.32 Å². The lowest BCUT2D eigenvalue weighted by atomic mass is 9.28. The highest BCUT2D eigenvalue weighted by Crippen LogP contribution is 2.84. The lowest BCUT2D eigenvalue weighted by molar-refractivity contribution is -0.267. The molecule has 4 aromatic rings. The van der Waals surface area contributed by atoms with Gasteiger partial charge in [-0.1, -0.05) is 59.6 Å². The third kappa shape index (κ3) is 7.03. The van der Waals surface area contributed by atoms with Crippen molar-refractivity contribution in [3.8, 4) is 0 Å². The SMILES string of the molecule is CNCCC1(C)C(=O)C2c3cc[nH]c3C3CCC2(C3)C2(C)C1CCC1(C)C2C(O)C2Cn3cc(C(C=O)c4cc5c(c(C6(O)CCOCC6)c4)CCC4CCCCC54)c4[nH]cc(c43)CCC(C)(CC(O)C3OC3(C)C)C3=C2C1(C)CC3=O. The Morgan fingerprint density at radius 3 is 2.45 bits per heavy atom. The smallest absolute Gasteiger partial charge is 0.160 e. The zero-order valence-corrected chi connectivity index (χ0v) is 50.3. The van der Waals surface area contributed by atoms with Gasteiger partial charge in [0.2, 0.25) is 0 Å². The minimum Gasteiger partial charge on any atom is -0.392 e. The van der Waals surface area contributed by atoms with E-state index in [1.165, 1.54) is 41.6 Å². The van der Waals surface area contributed by atoms with Crippen LogP contribution in [0.2, 0.25) is 0 Å². The van der Waals surface area contributed by atoms with Crippen LogP contribution in [0, 0.1) is 56.2 Å². The van der Waals surface area contributed by atoms with Gasteiger partial charge in [0, 0.05) is 91.2 Å². The Bertz CT molecular complexity index is 3360. The van der Waals surface area contributed by atoms with Gasteiger partial charge in [-0.05, 0) is 207 Å². The van der Waals surface area contributed by atoms with Crippen molar-refractivity contribution in [2.45, 2.75) is 224 Å². The number of aliphatic hydroxyl groups excluding tert-OH is 2. The number of nitrogens with zero attached hydrogens (tertiary/aromatic N) is 1. The van der Waals surface area contributed by atoms with Crippen LogP contribution in [0.1, 0.15) is 220 Å². The predicted molar refractivity (Wildman–Crippen MR) is 315 cm³/mol. The summed E-state index contributed by atoms with van der Waals surface area (Å²) < 4.78 is 14.4. The minimum absolute atomic E-state index is 0.00993. The van der Waals surface area contributed by atoms with E-state index < -0.39 is 67.7 Å². The van der Waals surface area contributed by atoms with Crippen molar-refractivity contribution < 1.29 is 39.2 Å². The van der Waals surface area contributed by atoms with Crippen LogP contribution >= 0.6 is 0 Å². The van der Waals surface area contributed by atoms with Crippen molar-refractivity contribution in [2.75, 3.05) is 26.8 Å². The summed E-state index contributed by atoms with van der Waals surface area (Å²) in [7, 11) is 1.99. The number of aromatic amines is 2. The number of H-pyrrole nitrogens is 2. The minimum atomic E-state index is -1.04. The molecule has 15 rings (SSSR count). The Morgan fingerprint density at radius 2 is 1.70 bits per heavy atom.